The highest BCUT2D eigenvalue weighted by molar-refractivity contribution is 6.19. The minimum absolute atomic E-state index is 0.969. The maximum atomic E-state index is 5.14. The van der Waals surface area contributed by atoms with Gasteiger partial charge in [-0.1, -0.05) is 78.9 Å². The molecule has 0 fully saturated rings. The molecule has 0 saturated heterocycles. The van der Waals surface area contributed by atoms with Gasteiger partial charge in [-0.3, -0.25) is 8.80 Å². The quantitative estimate of drug-likeness (QED) is 0.226. The molecule has 6 aromatic carbocycles. The fraction of sp³-hybridized carbons (Fsp3) is 0.0541. The van der Waals surface area contributed by atoms with Crippen LogP contribution in [0, 0.1) is 13.8 Å². The van der Waals surface area contributed by atoms with E-state index in [1.807, 2.05) is 0 Å². The molecule has 3 aromatic heterocycles. The third kappa shape index (κ3) is 2.81. The van der Waals surface area contributed by atoms with E-state index >= 15 is 0 Å². The number of para-hydroxylation sites is 2. The Morgan fingerprint density at radius 1 is 0.500 bits per heavy atom. The Labute approximate surface area is 230 Å². The molecular weight excluding hydrogens is 486 g/mol. The first kappa shape index (κ1) is 21.7. The lowest BCUT2D eigenvalue weighted by molar-refractivity contribution is 1.22. The van der Waals surface area contributed by atoms with E-state index in [1.165, 1.54) is 71.5 Å². The molecule has 40 heavy (non-hydrogen) atoms. The number of imidazole rings is 2. The van der Waals surface area contributed by atoms with Crippen LogP contribution in [0.3, 0.4) is 0 Å². The van der Waals surface area contributed by atoms with Crippen molar-refractivity contribution in [2.45, 2.75) is 13.8 Å². The molecule has 0 N–H and O–H groups in total. The number of aromatic nitrogens is 3. The zero-order valence-electron chi connectivity index (χ0n) is 22.3. The minimum atomic E-state index is 0.969. The van der Waals surface area contributed by atoms with Crippen LogP contribution in [-0.4, -0.2) is 13.8 Å². The zero-order valence-corrected chi connectivity index (χ0v) is 22.3. The van der Waals surface area contributed by atoms with Gasteiger partial charge >= 0.3 is 0 Å². The molecular formula is C37H25N3. The van der Waals surface area contributed by atoms with Crippen molar-refractivity contribution in [3.05, 3.63) is 126 Å². The Morgan fingerprint density at radius 3 is 2.00 bits per heavy atom. The Kier molecular flexibility index (Phi) is 4.19. The third-order valence-corrected chi connectivity index (χ3v) is 8.62. The summed E-state index contributed by atoms with van der Waals surface area (Å²) in [5.74, 6) is 0.969. The van der Waals surface area contributed by atoms with Crippen LogP contribution >= 0.6 is 0 Å². The van der Waals surface area contributed by atoms with Crippen molar-refractivity contribution < 1.29 is 0 Å². The highest BCUT2D eigenvalue weighted by atomic mass is 15.2. The molecule has 0 amide bonds. The van der Waals surface area contributed by atoms with Crippen LogP contribution in [0.1, 0.15) is 11.1 Å². The van der Waals surface area contributed by atoms with E-state index in [0.717, 1.165) is 16.8 Å². The van der Waals surface area contributed by atoms with Gasteiger partial charge in [0.05, 0.1) is 27.6 Å². The lowest BCUT2D eigenvalue weighted by Crippen LogP contribution is -1.92. The van der Waals surface area contributed by atoms with Crippen LogP contribution in [0.2, 0.25) is 0 Å². The number of rotatable bonds is 2. The van der Waals surface area contributed by atoms with Crippen LogP contribution in [0.15, 0.2) is 115 Å². The molecule has 0 aliphatic heterocycles. The highest BCUT2D eigenvalue weighted by Gasteiger charge is 2.23. The predicted octanol–water partition coefficient (Wildman–Crippen LogP) is 9.59. The first-order chi connectivity index (χ1) is 19.7. The van der Waals surface area contributed by atoms with Gasteiger partial charge in [-0.15, -0.1) is 0 Å². The minimum Gasteiger partial charge on any atom is -0.277 e. The topological polar surface area (TPSA) is 21.7 Å². The van der Waals surface area contributed by atoms with Crippen molar-refractivity contribution in [2.75, 3.05) is 0 Å². The number of hydrogen-bond acceptors (Lipinski definition) is 1. The molecule has 0 spiro atoms. The average molecular weight is 512 g/mol. The Morgan fingerprint density at radius 2 is 1.20 bits per heavy atom. The summed E-state index contributed by atoms with van der Waals surface area (Å²) in [5.41, 5.74) is 13.4. The lowest BCUT2D eigenvalue weighted by Gasteiger charge is -2.14. The van der Waals surface area contributed by atoms with Crippen molar-refractivity contribution in [3.63, 3.8) is 0 Å². The smallest absolute Gasteiger partial charge is 0.220 e. The van der Waals surface area contributed by atoms with Crippen molar-refractivity contribution in [1.82, 2.24) is 13.8 Å². The van der Waals surface area contributed by atoms with E-state index in [-0.39, 0.29) is 0 Å². The van der Waals surface area contributed by atoms with Crippen molar-refractivity contribution in [2.24, 2.45) is 0 Å². The second-order valence-electron chi connectivity index (χ2n) is 11.0. The molecule has 3 nitrogen and oxygen atoms in total. The molecule has 3 heteroatoms. The fourth-order valence-electron chi connectivity index (χ4n) is 6.95. The number of hydrogen-bond donors (Lipinski definition) is 0. The van der Waals surface area contributed by atoms with Gasteiger partial charge in [0, 0.05) is 10.8 Å². The van der Waals surface area contributed by atoms with E-state index in [4.69, 9.17) is 4.98 Å². The van der Waals surface area contributed by atoms with Crippen molar-refractivity contribution >= 4 is 54.9 Å². The fourth-order valence-corrected chi connectivity index (χ4v) is 6.95. The summed E-state index contributed by atoms with van der Waals surface area (Å²) in [5, 5.41) is 5.04. The molecule has 188 valence electrons. The van der Waals surface area contributed by atoms with Gasteiger partial charge in [0.25, 0.3) is 0 Å². The number of nitrogens with zero attached hydrogens (tertiary/aromatic N) is 3. The van der Waals surface area contributed by atoms with Gasteiger partial charge in [-0.2, -0.15) is 0 Å². The molecule has 0 aliphatic carbocycles. The summed E-state index contributed by atoms with van der Waals surface area (Å²) in [6.45, 7) is 4.49. The second-order valence-corrected chi connectivity index (χ2v) is 11.0. The standard InChI is InChI=1S/C37H25N3/c1-22-16-27(24-10-4-3-5-11-24)17-23(2)35(22)28-19-30-29-18-25-12-6-7-13-26(25)20-33(29)40-36(30)34(21-28)39-32-15-9-8-14-31(32)38-37(39)40/h3-21H,1-2H3. The maximum Gasteiger partial charge on any atom is 0.220 e. The summed E-state index contributed by atoms with van der Waals surface area (Å²) in [6.07, 6.45) is 0. The summed E-state index contributed by atoms with van der Waals surface area (Å²) in [7, 11) is 0. The van der Waals surface area contributed by atoms with Crippen LogP contribution < -0.4 is 0 Å². The van der Waals surface area contributed by atoms with Crippen LogP contribution in [0.25, 0.3) is 77.2 Å². The molecule has 9 rings (SSSR count). The average Bonchev–Trinajstić information content (AvgIpc) is 3.61. The number of fused-ring (bicyclic) bond motifs is 9. The third-order valence-electron chi connectivity index (χ3n) is 8.62. The Balaban J connectivity index is 1.43. The maximum absolute atomic E-state index is 5.14. The van der Waals surface area contributed by atoms with Crippen LogP contribution in [0.5, 0.6) is 0 Å². The first-order valence-corrected chi connectivity index (χ1v) is 13.8. The molecule has 0 unspecified atom stereocenters. The van der Waals surface area contributed by atoms with Gasteiger partial charge in [0.15, 0.2) is 0 Å². The van der Waals surface area contributed by atoms with Gasteiger partial charge in [-0.25, -0.2) is 4.98 Å². The van der Waals surface area contributed by atoms with Crippen molar-refractivity contribution in [3.8, 4) is 22.3 Å². The summed E-state index contributed by atoms with van der Waals surface area (Å²) >= 11 is 0. The number of benzene rings is 6. The Hall–Kier alpha value is -5.15. The lowest BCUT2D eigenvalue weighted by atomic mass is 9.90. The summed E-state index contributed by atoms with van der Waals surface area (Å²) in [4.78, 5) is 5.14. The molecule has 3 heterocycles. The molecule has 0 saturated carbocycles. The van der Waals surface area contributed by atoms with Gasteiger partial charge in [-0.05, 0) is 94.4 Å². The normalized spacial score (nSPS) is 12.2. The van der Waals surface area contributed by atoms with E-state index in [2.05, 4.69) is 138 Å². The van der Waals surface area contributed by atoms with Crippen molar-refractivity contribution in [1.29, 1.82) is 0 Å². The largest absolute Gasteiger partial charge is 0.277 e. The molecule has 0 radical (unpaired) electrons. The van der Waals surface area contributed by atoms with E-state index in [0.29, 0.717) is 0 Å². The molecule has 0 aliphatic rings. The van der Waals surface area contributed by atoms with Gasteiger partial charge in [0.2, 0.25) is 5.78 Å². The second kappa shape index (κ2) is 7.71. The molecule has 9 aromatic rings. The Bertz CT molecular complexity index is 2420. The highest BCUT2D eigenvalue weighted by Crippen LogP contribution is 2.42. The summed E-state index contributed by atoms with van der Waals surface area (Å²) < 4.78 is 4.72. The van der Waals surface area contributed by atoms with Gasteiger partial charge in [0.1, 0.15) is 0 Å². The molecule has 0 atom stereocenters. The van der Waals surface area contributed by atoms with E-state index in [1.54, 1.807) is 0 Å². The number of aryl methyl sites for hydroxylation is 2. The van der Waals surface area contributed by atoms with E-state index in [9.17, 15) is 0 Å². The summed E-state index contributed by atoms with van der Waals surface area (Å²) in [6, 6.07) is 41.9. The molecule has 0 bridgehead atoms. The SMILES string of the molecule is Cc1cc(-c2ccccc2)cc(C)c1-c1cc2c3cc4ccccc4cc3n3c2c(c1)n1c2ccccc2nc13. The monoisotopic (exact) mass is 511 g/mol. The zero-order chi connectivity index (χ0) is 26.5. The predicted molar refractivity (Wildman–Crippen MR) is 168 cm³/mol. The first-order valence-electron chi connectivity index (χ1n) is 13.8. The van der Waals surface area contributed by atoms with Crippen LogP contribution in [-0.2, 0) is 0 Å². The van der Waals surface area contributed by atoms with Gasteiger partial charge < -0.3 is 0 Å². The van der Waals surface area contributed by atoms with E-state index < -0.39 is 0 Å². The van der Waals surface area contributed by atoms with Crippen LogP contribution in [0.4, 0.5) is 0 Å².